The second-order valence-electron chi connectivity index (χ2n) is 5.80. The minimum absolute atomic E-state index is 0.681. The van der Waals surface area contributed by atoms with Gasteiger partial charge in [0, 0.05) is 18.8 Å². The number of imidazole rings is 1. The van der Waals surface area contributed by atoms with Crippen LogP contribution < -0.4 is 5.32 Å². The van der Waals surface area contributed by atoms with Gasteiger partial charge in [-0.3, -0.25) is 4.57 Å². The van der Waals surface area contributed by atoms with Crippen LogP contribution in [0.3, 0.4) is 0 Å². The lowest BCUT2D eigenvalue weighted by molar-refractivity contribution is 0.366. The molecule has 1 N–H and O–H groups in total. The van der Waals surface area contributed by atoms with Crippen molar-refractivity contribution in [3.05, 3.63) is 48.5 Å². The Morgan fingerprint density at radius 3 is 2.73 bits per heavy atom. The zero-order chi connectivity index (χ0) is 14.8. The van der Waals surface area contributed by atoms with Gasteiger partial charge in [-0.2, -0.15) is 0 Å². The number of nitrogens with one attached hydrogen (secondary N) is 1. The number of hydrogen-bond acceptors (Lipinski definition) is 4. The predicted octanol–water partition coefficient (Wildman–Crippen LogP) is 2.36. The highest BCUT2D eigenvalue weighted by Crippen LogP contribution is 2.23. The Bertz CT molecular complexity index is 759. The highest BCUT2D eigenvalue weighted by molar-refractivity contribution is 5.73. The van der Waals surface area contributed by atoms with Crippen LogP contribution in [0.25, 0.3) is 17.0 Å². The normalized spacial score (nSPS) is 16.2. The third-order valence-corrected chi connectivity index (χ3v) is 4.29. The average molecular weight is 293 g/mol. The van der Waals surface area contributed by atoms with E-state index in [1.54, 1.807) is 0 Å². The summed E-state index contributed by atoms with van der Waals surface area (Å²) in [5, 5.41) is 3.42. The molecule has 4 heterocycles. The first kappa shape index (κ1) is 13.4. The molecule has 0 aromatic carbocycles. The summed E-state index contributed by atoms with van der Waals surface area (Å²) in [4.78, 5) is 13.8. The quantitative estimate of drug-likeness (QED) is 0.805. The second-order valence-corrected chi connectivity index (χ2v) is 5.80. The lowest BCUT2D eigenvalue weighted by Gasteiger charge is -2.22. The Morgan fingerprint density at radius 2 is 1.91 bits per heavy atom. The van der Waals surface area contributed by atoms with E-state index in [1.165, 1.54) is 12.8 Å². The topological polar surface area (TPSA) is 55.6 Å². The molecule has 1 saturated heterocycles. The molecule has 0 atom stereocenters. The van der Waals surface area contributed by atoms with E-state index in [0.717, 1.165) is 42.3 Å². The van der Waals surface area contributed by atoms with Gasteiger partial charge in [-0.1, -0.05) is 6.07 Å². The first-order chi connectivity index (χ1) is 10.9. The summed E-state index contributed by atoms with van der Waals surface area (Å²) in [5.74, 6) is 2.65. The molecule has 0 bridgehead atoms. The molecule has 112 valence electrons. The Hall–Kier alpha value is -2.27. The van der Waals surface area contributed by atoms with Crippen LogP contribution in [0.5, 0.6) is 0 Å². The fraction of sp³-hybridized carbons (Fsp3) is 0.353. The van der Waals surface area contributed by atoms with Crippen molar-refractivity contribution in [3.8, 4) is 5.82 Å². The van der Waals surface area contributed by atoms with Gasteiger partial charge in [0.1, 0.15) is 17.2 Å². The maximum Gasteiger partial charge on any atom is 0.165 e. The maximum atomic E-state index is 4.82. The molecule has 0 radical (unpaired) electrons. The first-order valence-corrected chi connectivity index (χ1v) is 7.86. The van der Waals surface area contributed by atoms with Crippen molar-refractivity contribution < 1.29 is 0 Å². The standard InChI is InChI=1S/C17H19N5/c1-2-8-19-15(5-1)22-16(12-13-6-10-18-11-7-13)21-14-4-3-9-20-17(14)22/h1-5,8-9,13,18H,6-7,10-12H2. The van der Waals surface area contributed by atoms with Gasteiger partial charge in [-0.15, -0.1) is 0 Å². The van der Waals surface area contributed by atoms with Crippen molar-refractivity contribution >= 4 is 11.2 Å². The monoisotopic (exact) mass is 293 g/mol. The van der Waals surface area contributed by atoms with Gasteiger partial charge in [-0.05, 0) is 56.1 Å². The van der Waals surface area contributed by atoms with Crippen LogP contribution in [0, 0.1) is 5.92 Å². The number of hydrogen-bond donors (Lipinski definition) is 1. The maximum absolute atomic E-state index is 4.82. The Kier molecular flexibility index (Phi) is 3.56. The number of piperidine rings is 1. The highest BCUT2D eigenvalue weighted by Gasteiger charge is 2.20. The van der Waals surface area contributed by atoms with Crippen LogP contribution >= 0.6 is 0 Å². The third kappa shape index (κ3) is 2.48. The molecular weight excluding hydrogens is 274 g/mol. The van der Waals surface area contributed by atoms with Gasteiger partial charge in [-0.25, -0.2) is 15.0 Å². The van der Waals surface area contributed by atoms with E-state index in [4.69, 9.17) is 4.98 Å². The largest absolute Gasteiger partial charge is 0.317 e. The second kappa shape index (κ2) is 5.85. The van der Waals surface area contributed by atoms with Crippen LogP contribution in [0.1, 0.15) is 18.7 Å². The van der Waals surface area contributed by atoms with Gasteiger partial charge >= 0.3 is 0 Å². The van der Waals surface area contributed by atoms with Crippen LogP contribution in [0.15, 0.2) is 42.7 Å². The van der Waals surface area contributed by atoms with Crippen molar-refractivity contribution in [2.75, 3.05) is 13.1 Å². The molecule has 4 rings (SSSR count). The van der Waals surface area contributed by atoms with Gasteiger partial charge < -0.3 is 5.32 Å². The molecule has 0 spiro atoms. The predicted molar refractivity (Wildman–Crippen MR) is 86.0 cm³/mol. The van der Waals surface area contributed by atoms with Crippen molar-refractivity contribution in [2.45, 2.75) is 19.3 Å². The average Bonchev–Trinajstić information content (AvgIpc) is 2.94. The third-order valence-electron chi connectivity index (χ3n) is 4.29. The molecule has 3 aromatic heterocycles. The minimum atomic E-state index is 0.681. The smallest absolute Gasteiger partial charge is 0.165 e. The van der Waals surface area contributed by atoms with Crippen LogP contribution in [-0.2, 0) is 6.42 Å². The zero-order valence-electron chi connectivity index (χ0n) is 12.4. The van der Waals surface area contributed by atoms with E-state index < -0.39 is 0 Å². The van der Waals surface area contributed by atoms with Gasteiger partial charge in [0.15, 0.2) is 5.65 Å². The molecule has 1 aliphatic heterocycles. The van der Waals surface area contributed by atoms with E-state index in [-0.39, 0.29) is 0 Å². The summed E-state index contributed by atoms with van der Waals surface area (Å²) >= 11 is 0. The first-order valence-electron chi connectivity index (χ1n) is 7.86. The number of fused-ring (bicyclic) bond motifs is 1. The number of pyridine rings is 2. The zero-order valence-corrected chi connectivity index (χ0v) is 12.4. The van der Waals surface area contributed by atoms with Gasteiger partial charge in [0.2, 0.25) is 0 Å². The molecule has 0 saturated carbocycles. The van der Waals surface area contributed by atoms with Crippen molar-refractivity contribution in [3.63, 3.8) is 0 Å². The van der Waals surface area contributed by atoms with Crippen molar-refractivity contribution in [2.24, 2.45) is 5.92 Å². The van der Waals surface area contributed by atoms with E-state index in [1.807, 2.05) is 42.7 Å². The molecule has 1 fully saturated rings. The van der Waals surface area contributed by atoms with Crippen molar-refractivity contribution in [1.29, 1.82) is 0 Å². The summed E-state index contributed by atoms with van der Waals surface area (Å²) in [6.07, 6.45) is 7.03. The molecule has 5 nitrogen and oxygen atoms in total. The van der Waals surface area contributed by atoms with E-state index in [0.29, 0.717) is 5.92 Å². The number of aromatic nitrogens is 4. The Balaban J connectivity index is 1.79. The molecule has 0 unspecified atom stereocenters. The Morgan fingerprint density at radius 1 is 1.05 bits per heavy atom. The molecular formula is C17H19N5. The lowest BCUT2D eigenvalue weighted by atomic mass is 9.94. The van der Waals surface area contributed by atoms with Crippen LogP contribution in [0.2, 0.25) is 0 Å². The summed E-state index contributed by atoms with van der Waals surface area (Å²) < 4.78 is 2.11. The molecule has 5 heteroatoms. The minimum Gasteiger partial charge on any atom is -0.317 e. The fourth-order valence-electron chi connectivity index (χ4n) is 3.17. The molecule has 22 heavy (non-hydrogen) atoms. The fourth-order valence-corrected chi connectivity index (χ4v) is 3.17. The van der Waals surface area contributed by atoms with E-state index >= 15 is 0 Å². The van der Waals surface area contributed by atoms with Crippen LogP contribution in [-0.4, -0.2) is 32.6 Å². The number of nitrogens with zero attached hydrogens (tertiary/aromatic N) is 4. The van der Waals surface area contributed by atoms with Gasteiger partial charge in [0.05, 0.1) is 0 Å². The van der Waals surface area contributed by atoms with Crippen LogP contribution in [0.4, 0.5) is 0 Å². The number of rotatable bonds is 3. The Labute approximate surface area is 129 Å². The highest BCUT2D eigenvalue weighted by atomic mass is 15.2. The van der Waals surface area contributed by atoms with Gasteiger partial charge in [0.25, 0.3) is 0 Å². The van der Waals surface area contributed by atoms with E-state index in [2.05, 4.69) is 19.9 Å². The summed E-state index contributed by atoms with van der Waals surface area (Å²) in [6, 6.07) is 9.91. The molecule has 1 aliphatic rings. The summed E-state index contributed by atoms with van der Waals surface area (Å²) in [6.45, 7) is 2.21. The molecule has 0 aliphatic carbocycles. The van der Waals surface area contributed by atoms with E-state index in [9.17, 15) is 0 Å². The summed E-state index contributed by atoms with van der Waals surface area (Å²) in [5.41, 5.74) is 1.84. The van der Waals surface area contributed by atoms with Crippen molar-refractivity contribution in [1.82, 2.24) is 24.8 Å². The SMILES string of the molecule is c1ccc(-n2c(CC3CCNCC3)nc3cccnc32)nc1. The summed E-state index contributed by atoms with van der Waals surface area (Å²) in [7, 11) is 0. The molecule has 0 amide bonds. The lowest BCUT2D eigenvalue weighted by Crippen LogP contribution is -2.29. The molecule has 3 aromatic rings.